The lowest BCUT2D eigenvalue weighted by Crippen LogP contribution is -2.39. The molecule has 0 unspecified atom stereocenters. The Bertz CT molecular complexity index is 257. The normalized spacial score (nSPS) is 30.6. The fraction of sp³-hybridized carbons (Fsp3) is 0.727. The molecular weight excluding hydrogens is 194 g/mol. The van der Waals surface area contributed by atoms with E-state index in [0.29, 0.717) is 13.1 Å². The van der Waals surface area contributed by atoms with Crippen molar-refractivity contribution in [2.75, 3.05) is 13.1 Å². The van der Waals surface area contributed by atoms with E-state index in [1.54, 1.807) is 4.90 Å². The van der Waals surface area contributed by atoms with Crippen LogP contribution < -0.4 is 0 Å². The zero-order valence-corrected chi connectivity index (χ0v) is 8.76. The van der Waals surface area contributed by atoms with Gasteiger partial charge in [0.1, 0.15) is 6.10 Å². The second-order valence-corrected chi connectivity index (χ2v) is 4.15. The van der Waals surface area contributed by atoms with Gasteiger partial charge in [0.2, 0.25) is 0 Å². The lowest BCUT2D eigenvalue weighted by Gasteiger charge is -2.28. The van der Waals surface area contributed by atoms with Crippen molar-refractivity contribution in [3.63, 3.8) is 0 Å². The van der Waals surface area contributed by atoms with Gasteiger partial charge in [-0.3, -0.25) is 0 Å². The highest BCUT2D eigenvalue weighted by molar-refractivity contribution is 5.68. The van der Waals surface area contributed by atoms with Gasteiger partial charge in [0.15, 0.2) is 0 Å². The Morgan fingerprint density at radius 3 is 2.60 bits per heavy atom. The van der Waals surface area contributed by atoms with E-state index < -0.39 is 6.10 Å². The second kappa shape index (κ2) is 4.66. The summed E-state index contributed by atoms with van der Waals surface area (Å²) in [6, 6.07) is 0. The zero-order valence-electron chi connectivity index (χ0n) is 8.76. The van der Waals surface area contributed by atoms with Crippen LogP contribution in [0.3, 0.4) is 0 Å². The topological polar surface area (TPSA) is 49.8 Å². The first-order chi connectivity index (χ1) is 7.27. The van der Waals surface area contributed by atoms with Crippen LogP contribution in [0.15, 0.2) is 12.2 Å². The number of aliphatic hydroxyl groups is 1. The summed E-state index contributed by atoms with van der Waals surface area (Å²) in [5, 5.41) is 9.65. The zero-order chi connectivity index (χ0) is 10.7. The molecule has 2 atom stereocenters. The van der Waals surface area contributed by atoms with Gasteiger partial charge < -0.3 is 14.7 Å². The van der Waals surface area contributed by atoms with Crippen LogP contribution in [0.5, 0.6) is 0 Å². The lowest BCUT2D eigenvalue weighted by molar-refractivity contribution is -0.0306. The van der Waals surface area contributed by atoms with E-state index in [4.69, 9.17) is 4.74 Å². The molecule has 1 aliphatic heterocycles. The Balaban J connectivity index is 1.82. The van der Waals surface area contributed by atoms with Crippen LogP contribution >= 0.6 is 0 Å². The van der Waals surface area contributed by atoms with Crippen LogP contribution in [0, 0.1) is 0 Å². The minimum Gasteiger partial charge on any atom is -0.443 e. The number of carbonyl (C=O) groups excluding carboxylic acids is 1. The molecule has 1 fully saturated rings. The molecule has 4 heteroatoms. The van der Waals surface area contributed by atoms with Gasteiger partial charge in [-0.05, 0) is 19.3 Å². The molecule has 0 bridgehead atoms. The molecule has 1 heterocycles. The van der Waals surface area contributed by atoms with Crippen LogP contribution in [-0.2, 0) is 4.74 Å². The van der Waals surface area contributed by atoms with Crippen LogP contribution in [0.25, 0.3) is 0 Å². The van der Waals surface area contributed by atoms with Crippen LogP contribution in [0.2, 0.25) is 0 Å². The van der Waals surface area contributed by atoms with Gasteiger partial charge in [-0.1, -0.05) is 18.6 Å². The Hall–Kier alpha value is -1.03. The fourth-order valence-corrected chi connectivity index (χ4v) is 2.05. The van der Waals surface area contributed by atoms with Crippen molar-refractivity contribution in [1.29, 1.82) is 0 Å². The summed E-state index contributed by atoms with van der Waals surface area (Å²) in [6.07, 6.45) is 6.41. The summed E-state index contributed by atoms with van der Waals surface area (Å²) in [7, 11) is 0. The van der Waals surface area contributed by atoms with Gasteiger partial charge in [-0.2, -0.15) is 0 Å². The SMILES string of the molecule is O=C(O[C@@H]1CCCC[C@@H]1O)N1CC=CC1. The minimum atomic E-state index is -0.474. The van der Waals surface area contributed by atoms with Gasteiger partial charge >= 0.3 is 6.09 Å². The highest BCUT2D eigenvalue weighted by atomic mass is 16.6. The van der Waals surface area contributed by atoms with Crippen LogP contribution in [0.4, 0.5) is 4.79 Å². The molecule has 0 aromatic rings. The van der Waals surface area contributed by atoms with Crippen molar-refractivity contribution in [1.82, 2.24) is 4.90 Å². The highest BCUT2D eigenvalue weighted by Crippen LogP contribution is 2.22. The number of carbonyl (C=O) groups is 1. The van der Waals surface area contributed by atoms with Crippen LogP contribution in [-0.4, -0.2) is 41.4 Å². The predicted octanol–water partition coefficient (Wildman–Crippen LogP) is 1.30. The summed E-state index contributed by atoms with van der Waals surface area (Å²) in [6.45, 7) is 1.25. The molecule has 0 spiro atoms. The maximum atomic E-state index is 11.6. The highest BCUT2D eigenvalue weighted by Gasteiger charge is 2.28. The average Bonchev–Trinajstić information content (AvgIpc) is 2.74. The molecule has 0 aromatic heterocycles. The third-order valence-corrected chi connectivity index (χ3v) is 3.00. The van der Waals surface area contributed by atoms with Gasteiger partial charge in [-0.25, -0.2) is 4.79 Å². The number of nitrogens with zero attached hydrogens (tertiary/aromatic N) is 1. The van der Waals surface area contributed by atoms with E-state index >= 15 is 0 Å². The predicted molar refractivity (Wildman–Crippen MR) is 55.5 cm³/mol. The maximum absolute atomic E-state index is 11.6. The second-order valence-electron chi connectivity index (χ2n) is 4.15. The van der Waals surface area contributed by atoms with Crippen molar-refractivity contribution in [3.8, 4) is 0 Å². The molecule has 84 valence electrons. The summed E-state index contributed by atoms with van der Waals surface area (Å²) in [5.41, 5.74) is 0. The number of aliphatic hydroxyl groups excluding tert-OH is 1. The van der Waals surface area contributed by atoms with E-state index in [0.717, 1.165) is 25.7 Å². The third-order valence-electron chi connectivity index (χ3n) is 3.00. The molecule has 2 rings (SSSR count). The molecule has 0 radical (unpaired) electrons. The van der Waals surface area contributed by atoms with E-state index in [-0.39, 0.29) is 12.2 Å². The summed E-state index contributed by atoms with van der Waals surface area (Å²) in [5.74, 6) is 0. The molecule has 2 aliphatic rings. The lowest BCUT2D eigenvalue weighted by atomic mass is 9.95. The van der Waals surface area contributed by atoms with Gasteiger partial charge in [0.25, 0.3) is 0 Å². The van der Waals surface area contributed by atoms with Crippen molar-refractivity contribution < 1.29 is 14.6 Å². The molecule has 0 aromatic carbocycles. The van der Waals surface area contributed by atoms with E-state index in [1.807, 2.05) is 12.2 Å². The maximum Gasteiger partial charge on any atom is 0.410 e. The molecule has 1 aliphatic carbocycles. The van der Waals surface area contributed by atoms with Gasteiger partial charge in [0, 0.05) is 13.1 Å². The first-order valence-corrected chi connectivity index (χ1v) is 5.56. The average molecular weight is 211 g/mol. The third kappa shape index (κ3) is 2.50. The molecular formula is C11H17NO3. The van der Waals surface area contributed by atoms with Crippen molar-refractivity contribution in [2.45, 2.75) is 37.9 Å². The smallest absolute Gasteiger partial charge is 0.410 e. The Morgan fingerprint density at radius 2 is 1.93 bits per heavy atom. The summed E-state index contributed by atoms with van der Waals surface area (Å²) in [4.78, 5) is 13.2. The number of rotatable bonds is 1. The van der Waals surface area contributed by atoms with Crippen molar-refractivity contribution >= 4 is 6.09 Å². The molecule has 4 nitrogen and oxygen atoms in total. The molecule has 1 N–H and O–H groups in total. The Kier molecular flexibility index (Phi) is 3.26. The van der Waals surface area contributed by atoms with E-state index in [9.17, 15) is 9.90 Å². The first-order valence-electron chi connectivity index (χ1n) is 5.56. The van der Waals surface area contributed by atoms with E-state index in [2.05, 4.69) is 0 Å². The quantitative estimate of drug-likeness (QED) is 0.665. The largest absolute Gasteiger partial charge is 0.443 e. The summed E-state index contributed by atoms with van der Waals surface area (Å²) >= 11 is 0. The minimum absolute atomic E-state index is 0.299. The Morgan fingerprint density at radius 1 is 1.27 bits per heavy atom. The summed E-state index contributed by atoms with van der Waals surface area (Å²) < 4.78 is 5.28. The standard InChI is InChI=1S/C11H17NO3/c13-9-5-1-2-6-10(9)15-11(14)12-7-3-4-8-12/h3-4,9-10,13H,1-2,5-8H2/t9-,10+/m0/s1. The van der Waals surface area contributed by atoms with Crippen molar-refractivity contribution in [3.05, 3.63) is 12.2 Å². The van der Waals surface area contributed by atoms with Crippen molar-refractivity contribution in [2.24, 2.45) is 0 Å². The fourth-order valence-electron chi connectivity index (χ4n) is 2.05. The molecule has 1 saturated carbocycles. The number of hydrogen-bond acceptors (Lipinski definition) is 3. The van der Waals surface area contributed by atoms with Gasteiger partial charge in [-0.15, -0.1) is 0 Å². The van der Waals surface area contributed by atoms with Crippen LogP contribution in [0.1, 0.15) is 25.7 Å². The first kappa shape index (κ1) is 10.5. The van der Waals surface area contributed by atoms with Gasteiger partial charge in [0.05, 0.1) is 6.10 Å². The molecule has 0 saturated heterocycles. The molecule has 15 heavy (non-hydrogen) atoms. The number of amides is 1. The monoisotopic (exact) mass is 211 g/mol. The number of ether oxygens (including phenoxy) is 1. The number of hydrogen-bond donors (Lipinski definition) is 1. The Labute approximate surface area is 89.5 Å². The van der Waals surface area contributed by atoms with E-state index in [1.165, 1.54) is 0 Å². The molecule has 1 amide bonds.